The fourth-order valence-electron chi connectivity index (χ4n) is 2.05. The normalized spacial score (nSPS) is 13.5. The molecule has 22 heavy (non-hydrogen) atoms. The van der Waals surface area contributed by atoms with Crippen LogP contribution in [0, 0.1) is 22.0 Å². The minimum absolute atomic E-state index is 0.0393. The van der Waals surface area contributed by atoms with Crippen LogP contribution in [-0.4, -0.2) is 21.5 Å². The van der Waals surface area contributed by atoms with Gasteiger partial charge in [-0.1, -0.05) is 43.4 Å². The molecular formula is C15H21IN2O4. The highest BCUT2D eigenvalue weighted by atomic mass is 127. The van der Waals surface area contributed by atoms with E-state index in [4.69, 9.17) is 4.74 Å². The van der Waals surface area contributed by atoms with E-state index < -0.39 is 11.0 Å². The number of benzene rings is 1. The number of alkyl halides is 1. The smallest absolute Gasteiger partial charge is 0.410 e. The maximum absolute atomic E-state index is 11.7. The lowest BCUT2D eigenvalue weighted by Gasteiger charge is -2.20. The van der Waals surface area contributed by atoms with E-state index in [1.807, 2.05) is 0 Å². The largest absolute Gasteiger partial charge is 0.412 e. The number of halogens is 1. The van der Waals surface area contributed by atoms with Crippen molar-refractivity contribution in [1.29, 1.82) is 0 Å². The molecule has 0 radical (unpaired) electrons. The van der Waals surface area contributed by atoms with E-state index in [-0.39, 0.29) is 11.4 Å². The predicted molar refractivity (Wildman–Crippen MR) is 93.6 cm³/mol. The zero-order chi connectivity index (χ0) is 16.7. The first-order valence-electron chi connectivity index (χ1n) is 7.13. The van der Waals surface area contributed by atoms with Crippen LogP contribution in [0.5, 0.6) is 5.75 Å². The molecule has 1 amide bonds. The summed E-state index contributed by atoms with van der Waals surface area (Å²) in [6, 6.07) is 5.41. The molecule has 6 nitrogen and oxygen atoms in total. The number of nitrogens with one attached hydrogen (secondary N) is 1. The van der Waals surface area contributed by atoms with Crippen LogP contribution < -0.4 is 10.1 Å². The Morgan fingerprint density at radius 2 is 1.91 bits per heavy atom. The number of nitrogens with zero attached hydrogens (tertiary/aromatic N) is 1. The number of rotatable bonds is 7. The van der Waals surface area contributed by atoms with Gasteiger partial charge >= 0.3 is 6.09 Å². The molecule has 0 aliphatic rings. The van der Waals surface area contributed by atoms with Gasteiger partial charge in [0.15, 0.2) is 0 Å². The molecule has 1 N–H and O–H groups in total. The summed E-state index contributed by atoms with van der Waals surface area (Å²) in [5.41, 5.74) is -0.0393. The first-order valence-corrected chi connectivity index (χ1v) is 8.38. The van der Waals surface area contributed by atoms with E-state index in [0.717, 1.165) is 6.42 Å². The molecule has 1 aromatic rings. The predicted octanol–water partition coefficient (Wildman–Crippen LogP) is 4.17. The van der Waals surface area contributed by atoms with E-state index in [1.165, 1.54) is 24.3 Å². The number of carbonyl (C=O) groups excluding carboxylic acids is 1. The fourth-order valence-corrected chi connectivity index (χ4v) is 2.57. The van der Waals surface area contributed by atoms with Gasteiger partial charge in [0, 0.05) is 22.6 Å². The van der Waals surface area contributed by atoms with Crippen molar-refractivity contribution in [2.45, 2.75) is 31.1 Å². The van der Waals surface area contributed by atoms with Crippen molar-refractivity contribution in [2.24, 2.45) is 11.8 Å². The first kappa shape index (κ1) is 18.7. The Kier molecular flexibility index (Phi) is 7.57. The molecule has 0 saturated heterocycles. The van der Waals surface area contributed by atoms with E-state index in [1.54, 1.807) is 0 Å². The Morgan fingerprint density at radius 1 is 1.32 bits per heavy atom. The third-order valence-electron chi connectivity index (χ3n) is 3.16. The molecule has 0 spiro atoms. The van der Waals surface area contributed by atoms with E-state index in [2.05, 4.69) is 48.7 Å². The zero-order valence-corrected chi connectivity index (χ0v) is 15.1. The van der Waals surface area contributed by atoms with Crippen molar-refractivity contribution in [3.05, 3.63) is 34.4 Å². The van der Waals surface area contributed by atoms with Crippen LogP contribution in [0.3, 0.4) is 0 Å². The summed E-state index contributed by atoms with van der Waals surface area (Å²) in [5, 5.41) is 13.3. The molecule has 122 valence electrons. The van der Waals surface area contributed by atoms with Crippen LogP contribution in [0.25, 0.3) is 0 Å². The number of nitro groups is 1. The second kappa shape index (κ2) is 8.92. The second-order valence-corrected chi connectivity index (χ2v) is 7.24. The van der Waals surface area contributed by atoms with Gasteiger partial charge < -0.3 is 10.1 Å². The van der Waals surface area contributed by atoms with Gasteiger partial charge in [-0.25, -0.2) is 4.79 Å². The maximum Gasteiger partial charge on any atom is 0.412 e. The molecule has 2 atom stereocenters. The van der Waals surface area contributed by atoms with Gasteiger partial charge in [-0.2, -0.15) is 0 Å². The molecule has 0 bridgehead atoms. The Bertz CT molecular complexity index is 505. The number of amides is 1. The van der Waals surface area contributed by atoms with Crippen molar-refractivity contribution in [3.63, 3.8) is 0 Å². The van der Waals surface area contributed by atoms with Crippen LogP contribution in [0.15, 0.2) is 24.3 Å². The fraction of sp³-hybridized carbons (Fsp3) is 0.533. The summed E-state index contributed by atoms with van der Waals surface area (Å²) >= 11 is 2.33. The Hall–Kier alpha value is -1.38. The lowest BCUT2D eigenvalue weighted by Crippen LogP contribution is -2.34. The summed E-state index contributed by atoms with van der Waals surface area (Å²) < 4.78 is 5.41. The summed E-state index contributed by atoms with van der Waals surface area (Å²) in [6.45, 7) is 7.05. The zero-order valence-electron chi connectivity index (χ0n) is 12.9. The third-order valence-corrected chi connectivity index (χ3v) is 4.83. The SMILES string of the molecule is CC(C)CC(C)C(I)CNC(=O)Oc1ccc([N+](=O)[O-])cc1. The summed E-state index contributed by atoms with van der Waals surface area (Å²) in [4.78, 5) is 21.7. The van der Waals surface area contributed by atoms with Crippen molar-refractivity contribution in [2.75, 3.05) is 6.54 Å². The molecule has 1 aromatic carbocycles. The molecule has 0 aliphatic heterocycles. The third kappa shape index (κ3) is 6.59. The van der Waals surface area contributed by atoms with Crippen molar-refractivity contribution >= 4 is 34.4 Å². The maximum atomic E-state index is 11.7. The molecule has 1 rings (SSSR count). The molecule has 2 unspecified atom stereocenters. The van der Waals surface area contributed by atoms with Gasteiger partial charge in [-0.05, 0) is 30.4 Å². The highest BCUT2D eigenvalue weighted by Crippen LogP contribution is 2.21. The number of nitro benzene ring substituents is 1. The topological polar surface area (TPSA) is 81.5 Å². The number of hydrogen-bond donors (Lipinski definition) is 1. The van der Waals surface area contributed by atoms with Crippen LogP contribution in [0.2, 0.25) is 0 Å². The van der Waals surface area contributed by atoms with Crippen LogP contribution in [-0.2, 0) is 0 Å². The summed E-state index contributed by atoms with van der Waals surface area (Å²) in [6.07, 6.45) is 0.555. The minimum atomic E-state index is -0.549. The quantitative estimate of drug-likeness (QED) is 0.311. The first-order chi connectivity index (χ1) is 10.3. The molecular weight excluding hydrogens is 399 g/mol. The standard InChI is InChI=1S/C15H21IN2O4/c1-10(2)8-11(3)14(16)9-17-15(19)22-13-6-4-12(5-7-13)18(20)21/h4-7,10-11,14H,8-9H2,1-3H3,(H,17,19). The van der Waals surface area contributed by atoms with E-state index >= 15 is 0 Å². The highest BCUT2D eigenvalue weighted by molar-refractivity contribution is 14.1. The average molecular weight is 420 g/mol. The number of ether oxygens (including phenoxy) is 1. The molecule has 7 heteroatoms. The van der Waals surface area contributed by atoms with Gasteiger partial charge in [-0.3, -0.25) is 10.1 Å². The van der Waals surface area contributed by atoms with Crippen LogP contribution in [0.1, 0.15) is 27.2 Å². The average Bonchev–Trinajstić information content (AvgIpc) is 2.44. The molecule has 0 heterocycles. The van der Waals surface area contributed by atoms with E-state index in [9.17, 15) is 14.9 Å². The van der Waals surface area contributed by atoms with Crippen LogP contribution in [0.4, 0.5) is 10.5 Å². The Balaban J connectivity index is 2.41. The van der Waals surface area contributed by atoms with Crippen molar-refractivity contribution in [3.8, 4) is 5.75 Å². The van der Waals surface area contributed by atoms with E-state index in [0.29, 0.717) is 22.3 Å². The number of hydrogen-bond acceptors (Lipinski definition) is 4. The summed E-state index contributed by atoms with van der Waals surface area (Å²) in [5.74, 6) is 1.41. The van der Waals surface area contributed by atoms with Gasteiger partial charge in [0.25, 0.3) is 5.69 Å². The number of carbonyl (C=O) groups is 1. The van der Waals surface area contributed by atoms with Crippen molar-refractivity contribution in [1.82, 2.24) is 5.32 Å². The second-order valence-electron chi connectivity index (χ2n) is 5.64. The van der Waals surface area contributed by atoms with Crippen LogP contribution >= 0.6 is 22.6 Å². The monoisotopic (exact) mass is 420 g/mol. The molecule has 0 saturated carbocycles. The number of non-ortho nitro benzene ring substituents is 1. The Morgan fingerprint density at radius 3 is 2.41 bits per heavy atom. The molecule has 0 aromatic heterocycles. The lowest BCUT2D eigenvalue weighted by atomic mass is 9.96. The minimum Gasteiger partial charge on any atom is -0.410 e. The van der Waals surface area contributed by atoms with Gasteiger partial charge in [-0.15, -0.1) is 0 Å². The Labute approximate surface area is 143 Å². The lowest BCUT2D eigenvalue weighted by molar-refractivity contribution is -0.384. The highest BCUT2D eigenvalue weighted by Gasteiger charge is 2.17. The molecule has 0 fully saturated rings. The van der Waals surface area contributed by atoms with Crippen molar-refractivity contribution < 1.29 is 14.5 Å². The summed E-state index contributed by atoms with van der Waals surface area (Å²) in [7, 11) is 0. The van der Waals surface area contributed by atoms with Gasteiger partial charge in [0.1, 0.15) is 5.75 Å². The molecule has 0 aliphatic carbocycles. The van der Waals surface area contributed by atoms with Gasteiger partial charge in [0.05, 0.1) is 4.92 Å². The van der Waals surface area contributed by atoms with Gasteiger partial charge in [0.2, 0.25) is 0 Å².